The van der Waals surface area contributed by atoms with Crippen molar-refractivity contribution in [1.29, 1.82) is 0 Å². The number of allylic oxidation sites excluding steroid dienone is 3. The second-order valence-corrected chi connectivity index (χ2v) is 11.4. The molecule has 1 saturated carbocycles. The van der Waals surface area contributed by atoms with Gasteiger partial charge >= 0.3 is 11.8 Å². The summed E-state index contributed by atoms with van der Waals surface area (Å²) >= 11 is 7.15. The molecule has 38 heavy (non-hydrogen) atoms. The molecule has 2 aliphatic rings. The van der Waals surface area contributed by atoms with E-state index in [1.807, 2.05) is 7.05 Å². The Labute approximate surface area is 231 Å². The smallest absolute Gasteiger partial charge is 0.314 e. The maximum atomic E-state index is 13.2. The third-order valence-corrected chi connectivity index (χ3v) is 7.69. The Balaban J connectivity index is 1.73. The zero-order valence-electron chi connectivity index (χ0n) is 22.0. The van der Waals surface area contributed by atoms with Crippen LogP contribution in [-0.4, -0.2) is 84.9 Å². The monoisotopic (exact) mass is 563 g/mol. The van der Waals surface area contributed by atoms with Crippen LogP contribution in [0.1, 0.15) is 46.6 Å². The molecule has 206 valence electrons. The molecule has 1 aromatic rings. The molecular formula is C25H34ClN7O4S. The number of rotatable bonds is 7. The number of fused-ring (bicyclic) bond motifs is 1. The lowest BCUT2D eigenvalue weighted by Crippen LogP contribution is -2.57. The number of carbonyl (C=O) groups excluding carboxylic acids is 4. The molecule has 0 saturated heterocycles. The molecule has 3 rings (SSSR count). The second kappa shape index (κ2) is 13.1. The van der Waals surface area contributed by atoms with E-state index in [-0.39, 0.29) is 23.6 Å². The number of carbonyl (C=O) groups is 4. The quantitative estimate of drug-likeness (QED) is 0.261. The molecule has 0 spiro atoms. The molecule has 0 unspecified atom stereocenters. The summed E-state index contributed by atoms with van der Waals surface area (Å²) in [6, 6.07) is -1.13. The Kier molecular flexibility index (Phi) is 10.2. The van der Waals surface area contributed by atoms with Gasteiger partial charge in [-0.2, -0.15) is 0 Å². The number of hydrogen-bond donors (Lipinski definition) is 3. The SMILES string of the molecule is C=N/C(=C\C=C(/C)Cl)NC(=O)C(=O)N[C@H]1CC[C@H](C(=O)N(C)C)C[C@H]1NC(=O)c1nc2c(s1)CN(C)CC2. The summed E-state index contributed by atoms with van der Waals surface area (Å²) in [5.74, 6) is -2.48. The van der Waals surface area contributed by atoms with Crippen LogP contribution < -0.4 is 16.0 Å². The van der Waals surface area contributed by atoms with Crippen LogP contribution in [0.2, 0.25) is 0 Å². The standard InChI is InChI=1S/C25H34ClN7O4S/c1-14(26)6-9-20(27-2)31-22(35)21(34)28-16-8-7-15(25(37)32(3)4)12-18(16)29-23(36)24-30-17-10-11-33(5)13-19(17)38-24/h6,9,15-16,18H,2,7-8,10-13H2,1,3-5H3,(H,28,34)(H,29,36)(H,31,35)/b14-6+,20-9+/t15-,16-,18+/m0/s1. The van der Waals surface area contributed by atoms with Crippen LogP contribution in [0.5, 0.6) is 0 Å². The molecule has 0 aromatic carbocycles. The normalized spacial score (nSPS) is 22.2. The van der Waals surface area contributed by atoms with Crippen molar-refractivity contribution in [2.75, 3.05) is 27.7 Å². The summed E-state index contributed by atoms with van der Waals surface area (Å²) in [6.07, 6.45) is 4.95. The second-order valence-electron chi connectivity index (χ2n) is 9.70. The highest BCUT2D eigenvalue weighted by molar-refractivity contribution is 7.13. The molecular weight excluding hydrogens is 530 g/mol. The largest absolute Gasteiger partial charge is 0.349 e. The van der Waals surface area contributed by atoms with Crippen molar-refractivity contribution in [3.8, 4) is 0 Å². The summed E-state index contributed by atoms with van der Waals surface area (Å²) in [6.45, 7) is 6.65. The van der Waals surface area contributed by atoms with Crippen LogP contribution >= 0.6 is 22.9 Å². The third kappa shape index (κ3) is 7.71. The van der Waals surface area contributed by atoms with Gasteiger partial charge in [0.25, 0.3) is 5.91 Å². The lowest BCUT2D eigenvalue weighted by molar-refractivity contribution is -0.139. The molecule has 1 aliphatic carbocycles. The van der Waals surface area contributed by atoms with Gasteiger partial charge in [0.15, 0.2) is 5.01 Å². The van der Waals surface area contributed by atoms with Crippen molar-refractivity contribution in [1.82, 2.24) is 30.7 Å². The summed E-state index contributed by atoms with van der Waals surface area (Å²) in [5, 5.41) is 8.89. The number of halogens is 1. The first kappa shape index (κ1) is 29.5. The lowest BCUT2D eigenvalue weighted by atomic mass is 9.81. The van der Waals surface area contributed by atoms with E-state index >= 15 is 0 Å². The Morgan fingerprint density at radius 3 is 2.55 bits per heavy atom. The highest BCUT2D eigenvalue weighted by atomic mass is 35.5. The predicted molar refractivity (Wildman–Crippen MR) is 147 cm³/mol. The first-order valence-electron chi connectivity index (χ1n) is 12.3. The first-order valence-corrected chi connectivity index (χ1v) is 13.5. The number of nitrogens with one attached hydrogen (secondary N) is 3. The van der Waals surface area contributed by atoms with E-state index in [9.17, 15) is 19.2 Å². The molecule has 11 nitrogen and oxygen atoms in total. The van der Waals surface area contributed by atoms with E-state index < -0.39 is 23.9 Å². The fourth-order valence-corrected chi connectivity index (χ4v) is 5.63. The number of aliphatic imine (C=N–C) groups is 1. The molecule has 0 radical (unpaired) electrons. The van der Waals surface area contributed by atoms with Gasteiger partial charge in [0, 0.05) is 55.5 Å². The van der Waals surface area contributed by atoms with Crippen LogP contribution in [-0.2, 0) is 27.3 Å². The van der Waals surface area contributed by atoms with Gasteiger partial charge < -0.3 is 25.8 Å². The molecule has 4 amide bonds. The van der Waals surface area contributed by atoms with E-state index in [4.69, 9.17) is 11.6 Å². The number of likely N-dealkylation sites (N-methyl/N-ethyl adjacent to an activating group) is 1. The van der Waals surface area contributed by atoms with Crippen LogP contribution in [0.25, 0.3) is 0 Å². The summed E-state index contributed by atoms with van der Waals surface area (Å²) in [7, 11) is 5.39. The molecule has 1 aromatic heterocycles. The first-order chi connectivity index (χ1) is 18.0. The average Bonchev–Trinajstić information content (AvgIpc) is 3.30. The highest BCUT2D eigenvalue weighted by Crippen LogP contribution is 2.28. The van der Waals surface area contributed by atoms with E-state index in [0.717, 1.165) is 30.1 Å². The van der Waals surface area contributed by atoms with Gasteiger partial charge in [-0.05, 0) is 52.1 Å². The van der Waals surface area contributed by atoms with Crippen LogP contribution in [0, 0.1) is 5.92 Å². The molecule has 3 N–H and O–H groups in total. The van der Waals surface area contributed by atoms with Gasteiger partial charge in [-0.1, -0.05) is 11.6 Å². The minimum atomic E-state index is -0.933. The highest BCUT2D eigenvalue weighted by Gasteiger charge is 2.37. The molecule has 3 atom stereocenters. The Morgan fingerprint density at radius 1 is 1.16 bits per heavy atom. The number of thiazole rings is 1. The van der Waals surface area contributed by atoms with Crippen LogP contribution in [0.3, 0.4) is 0 Å². The van der Waals surface area contributed by atoms with E-state index in [1.54, 1.807) is 21.0 Å². The van der Waals surface area contributed by atoms with Crippen molar-refractivity contribution < 1.29 is 19.2 Å². The zero-order valence-corrected chi connectivity index (χ0v) is 23.6. The summed E-state index contributed by atoms with van der Waals surface area (Å²) < 4.78 is 0. The molecule has 0 bridgehead atoms. The minimum absolute atomic E-state index is 0.0472. The van der Waals surface area contributed by atoms with E-state index in [2.05, 4.69) is 37.5 Å². The maximum absolute atomic E-state index is 13.2. The Morgan fingerprint density at radius 2 is 1.89 bits per heavy atom. The number of aromatic nitrogens is 1. The van der Waals surface area contributed by atoms with Gasteiger partial charge in [-0.3, -0.25) is 19.2 Å². The predicted octanol–water partition coefficient (Wildman–Crippen LogP) is 1.40. The van der Waals surface area contributed by atoms with Gasteiger partial charge in [0.1, 0.15) is 5.82 Å². The lowest BCUT2D eigenvalue weighted by Gasteiger charge is -2.37. The van der Waals surface area contributed by atoms with Crippen molar-refractivity contribution >= 4 is 53.3 Å². The molecule has 1 aliphatic heterocycles. The third-order valence-electron chi connectivity index (χ3n) is 6.48. The van der Waals surface area contributed by atoms with Gasteiger partial charge in [-0.25, -0.2) is 9.98 Å². The number of hydrogen-bond acceptors (Lipinski definition) is 8. The van der Waals surface area contributed by atoms with Crippen LogP contribution in [0.15, 0.2) is 28.0 Å². The van der Waals surface area contributed by atoms with Crippen LogP contribution in [0.4, 0.5) is 0 Å². The van der Waals surface area contributed by atoms with E-state index in [0.29, 0.717) is 29.3 Å². The summed E-state index contributed by atoms with van der Waals surface area (Å²) in [5.41, 5.74) is 0.933. The van der Waals surface area contributed by atoms with Crippen molar-refractivity contribution in [3.05, 3.63) is 38.6 Å². The van der Waals surface area contributed by atoms with Gasteiger partial charge in [-0.15, -0.1) is 11.3 Å². The van der Waals surface area contributed by atoms with Crippen molar-refractivity contribution in [2.45, 2.75) is 51.2 Å². The fraction of sp³-hybridized carbons (Fsp3) is 0.520. The average molecular weight is 564 g/mol. The molecule has 1 fully saturated rings. The number of nitrogens with zero attached hydrogens (tertiary/aromatic N) is 4. The Hall–Kier alpha value is -3.09. The molecule has 2 heterocycles. The minimum Gasteiger partial charge on any atom is -0.349 e. The van der Waals surface area contributed by atoms with E-state index in [1.165, 1.54) is 28.4 Å². The van der Waals surface area contributed by atoms with Gasteiger partial charge in [0.05, 0.1) is 11.7 Å². The van der Waals surface area contributed by atoms with Gasteiger partial charge in [0.2, 0.25) is 5.91 Å². The molecule has 13 heteroatoms. The maximum Gasteiger partial charge on any atom is 0.314 e. The van der Waals surface area contributed by atoms with Crippen molar-refractivity contribution in [2.24, 2.45) is 10.9 Å². The fourth-order valence-electron chi connectivity index (χ4n) is 4.48. The Bertz CT molecular complexity index is 1160. The number of amides is 4. The summed E-state index contributed by atoms with van der Waals surface area (Å²) in [4.78, 5) is 64.1. The zero-order chi connectivity index (χ0) is 28.0. The topological polar surface area (TPSA) is 136 Å². The van der Waals surface area contributed by atoms with Crippen molar-refractivity contribution in [3.63, 3.8) is 0 Å².